The summed E-state index contributed by atoms with van der Waals surface area (Å²) in [6.07, 6.45) is 0. The number of halogens is 1. The first-order chi connectivity index (χ1) is 13.0. The Kier molecular flexibility index (Phi) is 5.46. The number of sulfone groups is 1. The fourth-order valence-corrected chi connectivity index (χ4v) is 3.75. The van der Waals surface area contributed by atoms with E-state index in [4.69, 9.17) is 9.15 Å². The summed E-state index contributed by atoms with van der Waals surface area (Å²) >= 11 is 0. The van der Waals surface area contributed by atoms with Crippen molar-refractivity contribution in [3.05, 3.63) is 54.3 Å². The third-order valence-electron chi connectivity index (χ3n) is 3.72. The fourth-order valence-electron chi connectivity index (χ4n) is 2.47. The average molecular weight is 390 g/mol. The van der Waals surface area contributed by atoms with Crippen LogP contribution in [0.25, 0.3) is 11.5 Å². The molecule has 0 amide bonds. The maximum absolute atomic E-state index is 13.1. The van der Waals surface area contributed by atoms with E-state index in [0.717, 1.165) is 12.1 Å². The molecule has 3 rings (SSSR count). The van der Waals surface area contributed by atoms with Crippen LogP contribution in [0.5, 0.6) is 5.75 Å². The van der Waals surface area contributed by atoms with Crippen molar-refractivity contribution >= 4 is 15.7 Å². The summed E-state index contributed by atoms with van der Waals surface area (Å²) in [6, 6.07) is 11.6. The van der Waals surface area contributed by atoms with Crippen LogP contribution in [0.3, 0.4) is 0 Å². The number of anilines is 1. The molecular formula is C19H19FN2O4S. The van der Waals surface area contributed by atoms with Crippen LogP contribution in [0.15, 0.2) is 62.9 Å². The van der Waals surface area contributed by atoms with Gasteiger partial charge in [-0.1, -0.05) is 0 Å². The van der Waals surface area contributed by atoms with E-state index in [2.05, 4.69) is 10.3 Å². The molecule has 1 N–H and O–H groups in total. The summed E-state index contributed by atoms with van der Waals surface area (Å²) in [4.78, 5) is 4.13. The van der Waals surface area contributed by atoms with Gasteiger partial charge < -0.3 is 14.5 Å². The van der Waals surface area contributed by atoms with Crippen LogP contribution in [-0.4, -0.2) is 26.6 Å². The zero-order valence-electron chi connectivity index (χ0n) is 14.9. The van der Waals surface area contributed by atoms with Gasteiger partial charge in [0.2, 0.25) is 26.6 Å². The van der Waals surface area contributed by atoms with Crippen molar-refractivity contribution in [3.63, 3.8) is 0 Å². The Morgan fingerprint density at radius 3 is 2.33 bits per heavy atom. The largest absolute Gasteiger partial charge is 0.494 e. The van der Waals surface area contributed by atoms with E-state index in [1.165, 1.54) is 12.1 Å². The number of ether oxygens (including phenoxy) is 1. The monoisotopic (exact) mass is 390 g/mol. The van der Waals surface area contributed by atoms with Crippen molar-refractivity contribution in [1.29, 1.82) is 0 Å². The van der Waals surface area contributed by atoms with Crippen molar-refractivity contribution in [3.8, 4) is 17.2 Å². The lowest BCUT2D eigenvalue weighted by Crippen LogP contribution is -2.07. The van der Waals surface area contributed by atoms with Crippen molar-refractivity contribution < 1.29 is 22.0 Å². The number of hydrogen-bond donors (Lipinski definition) is 1. The van der Waals surface area contributed by atoms with E-state index in [1.807, 2.05) is 13.8 Å². The predicted molar refractivity (Wildman–Crippen MR) is 99.1 cm³/mol. The quantitative estimate of drug-likeness (QED) is 0.611. The molecule has 0 aliphatic heterocycles. The smallest absolute Gasteiger partial charge is 0.233 e. The minimum absolute atomic E-state index is 0.0470. The van der Waals surface area contributed by atoms with Crippen LogP contribution in [-0.2, 0) is 9.84 Å². The van der Waals surface area contributed by atoms with Gasteiger partial charge in [0.1, 0.15) is 11.6 Å². The molecular weight excluding hydrogens is 371 g/mol. The second kappa shape index (κ2) is 7.79. The van der Waals surface area contributed by atoms with Crippen molar-refractivity contribution in [2.45, 2.75) is 23.8 Å². The fraction of sp³-hybridized carbons (Fsp3) is 0.211. The Bertz CT molecular complexity index is 1010. The van der Waals surface area contributed by atoms with Gasteiger partial charge >= 0.3 is 0 Å². The minimum atomic E-state index is -3.97. The Morgan fingerprint density at radius 2 is 1.74 bits per heavy atom. The Labute approximate surface area is 156 Å². The van der Waals surface area contributed by atoms with Gasteiger partial charge in [0.05, 0.1) is 11.5 Å². The maximum Gasteiger partial charge on any atom is 0.233 e. The molecule has 142 valence electrons. The summed E-state index contributed by atoms with van der Waals surface area (Å²) in [5.41, 5.74) is 0.609. The first kappa shape index (κ1) is 18.9. The molecule has 27 heavy (non-hydrogen) atoms. The van der Waals surface area contributed by atoms with Gasteiger partial charge in [0, 0.05) is 12.1 Å². The van der Waals surface area contributed by atoms with Crippen molar-refractivity contribution in [2.24, 2.45) is 0 Å². The molecule has 0 aliphatic rings. The number of nitrogens with one attached hydrogen (secondary N) is 1. The first-order valence-electron chi connectivity index (χ1n) is 8.44. The van der Waals surface area contributed by atoms with Gasteiger partial charge in [-0.25, -0.2) is 12.8 Å². The van der Waals surface area contributed by atoms with E-state index < -0.39 is 15.7 Å². The van der Waals surface area contributed by atoms with Crippen LogP contribution in [0.1, 0.15) is 13.8 Å². The van der Waals surface area contributed by atoms with Gasteiger partial charge in [-0.15, -0.1) is 0 Å². The predicted octanol–water partition coefficient (Wildman–Crippen LogP) is 4.14. The number of aromatic nitrogens is 1. The van der Waals surface area contributed by atoms with Crippen LogP contribution in [0.4, 0.5) is 10.3 Å². The minimum Gasteiger partial charge on any atom is -0.494 e. The molecule has 0 bridgehead atoms. The molecule has 3 aromatic rings. The Morgan fingerprint density at radius 1 is 1.07 bits per heavy atom. The third kappa shape index (κ3) is 3.95. The first-order valence-corrected chi connectivity index (χ1v) is 9.92. The number of hydrogen-bond acceptors (Lipinski definition) is 6. The number of rotatable bonds is 7. The van der Waals surface area contributed by atoms with E-state index in [0.29, 0.717) is 24.5 Å². The molecule has 0 saturated heterocycles. The summed E-state index contributed by atoms with van der Waals surface area (Å²) in [6.45, 7) is 4.69. The van der Waals surface area contributed by atoms with E-state index in [-0.39, 0.29) is 21.7 Å². The summed E-state index contributed by atoms with van der Waals surface area (Å²) in [7, 11) is -3.97. The Hall–Kier alpha value is -2.87. The van der Waals surface area contributed by atoms with Crippen molar-refractivity contribution in [1.82, 2.24) is 4.98 Å². The molecule has 0 unspecified atom stereocenters. The number of benzene rings is 2. The molecule has 1 heterocycles. The van der Waals surface area contributed by atoms with Crippen LogP contribution in [0.2, 0.25) is 0 Å². The highest BCUT2D eigenvalue weighted by Crippen LogP contribution is 2.32. The highest BCUT2D eigenvalue weighted by molar-refractivity contribution is 7.91. The molecule has 6 nitrogen and oxygen atoms in total. The van der Waals surface area contributed by atoms with Crippen molar-refractivity contribution in [2.75, 3.05) is 18.5 Å². The van der Waals surface area contributed by atoms with Crippen LogP contribution in [0, 0.1) is 5.82 Å². The number of nitrogens with zero attached hydrogens (tertiary/aromatic N) is 1. The summed E-state index contributed by atoms with van der Waals surface area (Å²) in [5, 5.41) is 2.64. The van der Waals surface area contributed by atoms with Gasteiger partial charge in [-0.05, 0) is 62.4 Å². The zero-order valence-corrected chi connectivity index (χ0v) is 15.7. The summed E-state index contributed by atoms with van der Waals surface area (Å²) < 4.78 is 50.0. The average Bonchev–Trinajstić information content (AvgIpc) is 3.08. The molecule has 0 fully saturated rings. The lowest BCUT2D eigenvalue weighted by atomic mass is 10.2. The van der Waals surface area contributed by atoms with E-state index >= 15 is 0 Å². The van der Waals surface area contributed by atoms with Gasteiger partial charge in [-0.2, -0.15) is 4.98 Å². The van der Waals surface area contributed by atoms with Gasteiger partial charge in [0.25, 0.3) is 0 Å². The van der Waals surface area contributed by atoms with Gasteiger partial charge in [-0.3, -0.25) is 0 Å². The standard InChI is InChI=1S/C19H19FN2O4S/c1-3-21-18-19(27(23,24)16-11-7-14(20)8-12-16)22-17(26-18)13-5-9-15(10-6-13)25-4-2/h5-12,21H,3-4H2,1-2H3. The molecule has 0 radical (unpaired) electrons. The normalized spacial score (nSPS) is 11.4. The Balaban J connectivity index is 2.04. The third-order valence-corrected chi connectivity index (χ3v) is 5.40. The van der Waals surface area contributed by atoms with E-state index in [1.54, 1.807) is 24.3 Å². The lowest BCUT2D eigenvalue weighted by molar-refractivity contribution is 0.340. The molecule has 2 aromatic carbocycles. The highest BCUT2D eigenvalue weighted by Gasteiger charge is 2.28. The topological polar surface area (TPSA) is 81.4 Å². The molecule has 0 saturated carbocycles. The van der Waals surface area contributed by atoms with Crippen LogP contribution < -0.4 is 10.1 Å². The SMILES string of the molecule is CCNc1oc(-c2ccc(OCC)cc2)nc1S(=O)(=O)c1ccc(F)cc1. The molecule has 0 spiro atoms. The zero-order chi connectivity index (χ0) is 19.4. The second-order valence-corrected chi connectivity index (χ2v) is 7.46. The molecule has 0 aliphatic carbocycles. The molecule has 8 heteroatoms. The molecule has 1 aromatic heterocycles. The molecule has 0 atom stereocenters. The highest BCUT2D eigenvalue weighted by atomic mass is 32.2. The second-order valence-electron chi connectivity index (χ2n) is 5.60. The lowest BCUT2D eigenvalue weighted by Gasteiger charge is -2.04. The van der Waals surface area contributed by atoms with Crippen LogP contribution >= 0.6 is 0 Å². The maximum atomic E-state index is 13.1. The summed E-state index contributed by atoms with van der Waals surface area (Å²) in [5.74, 6) is 0.385. The number of oxazole rings is 1. The van der Waals surface area contributed by atoms with E-state index in [9.17, 15) is 12.8 Å². The van der Waals surface area contributed by atoms with Gasteiger partial charge in [0.15, 0.2) is 0 Å².